The van der Waals surface area contributed by atoms with Crippen LogP contribution >= 0.6 is 0 Å². The first-order valence-electron chi connectivity index (χ1n) is 8.81. The highest BCUT2D eigenvalue weighted by atomic mass is 32.2. The predicted octanol–water partition coefficient (Wildman–Crippen LogP) is 2.94. The monoisotopic (exact) mass is 402 g/mol. The molecule has 0 unspecified atom stereocenters. The third-order valence-corrected chi connectivity index (χ3v) is 6.66. The van der Waals surface area contributed by atoms with Crippen LogP contribution in [0.4, 0.5) is 13.2 Å². The maximum absolute atomic E-state index is 12.8. The molecule has 0 radical (unpaired) electrons. The molecule has 1 aliphatic carbocycles. The molecule has 1 N–H and O–H groups in total. The molecule has 3 rings (SSSR count). The number of sulfonamides is 1. The molecule has 1 heterocycles. The van der Waals surface area contributed by atoms with E-state index in [1.165, 1.54) is 16.4 Å². The van der Waals surface area contributed by atoms with Crippen molar-refractivity contribution in [1.29, 1.82) is 0 Å². The van der Waals surface area contributed by atoms with Crippen LogP contribution in [-0.2, 0) is 21.0 Å². The first kappa shape index (κ1) is 19.9. The van der Waals surface area contributed by atoms with E-state index in [0.29, 0.717) is 31.4 Å². The normalized spacial score (nSPS) is 19.0. The molecule has 5 nitrogen and oxygen atoms in total. The average molecular weight is 402 g/mol. The zero-order chi connectivity index (χ0) is 19.7. The molecular formula is C18H21F3N2O3S. The van der Waals surface area contributed by atoms with Crippen LogP contribution in [0.1, 0.15) is 31.2 Å². The quantitative estimate of drug-likeness (QED) is 0.770. The van der Waals surface area contributed by atoms with E-state index in [0.717, 1.165) is 30.5 Å². The third-order valence-electron chi connectivity index (χ3n) is 4.76. The average Bonchev–Trinajstić information content (AvgIpc) is 3.44. The number of hydrogen-bond donors (Lipinski definition) is 1. The van der Waals surface area contributed by atoms with E-state index in [9.17, 15) is 26.4 Å². The first-order valence-corrected chi connectivity index (χ1v) is 10.2. The molecule has 9 heteroatoms. The van der Waals surface area contributed by atoms with Gasteiger partial charge in [0.05, 0.1) is 10.5 Å². The number of amides is 1. The highest BCUT2D eigenvalue weighted by Crippen LogP contribution is 2.32. The summed E-state index contributed by atoms with van der Waals surface area (Å²) in [6.45, 7) is 0.944. The van der Waals surface area contributed by atoms with Gasteiger partial charge in [-0.05, 0) is 49.8 Å². The largest absolute Gasteiger partial charge is 0.416 e. The molecule has 1 amide bonds. The summed E-state index contributed by atoms with van der Waals surface area (Å²) in [5, 5.41) is 2.83. The lowest BCUT2D eigenvalue weighted by molar-refractivity contribution is -0.137. The van der Waals surface area contributed by atoms with Crippen molar-refractivity contribution in [2.45, 2.75) is 36.8 Å². The molecular weight excluding hydrogens is 381 g/mol. The molecule has 1 aliphatic heterocycles. The molecule has 0 bridgehead atoms. The van der Waals surface area contributed by atoms with Crippen LogP contribution in [0.2, 0.25) is 0 Å². The molecule has 2 aliphatic rings. The van der Waals surface area contributed by atoms with Crippen LogP contribution in [0.3, 0.4) is 0 Å². The van der Waals surface area contributed by atoms with Crippen LogP contribution in [0, 0.1) is 5.92 Å². The van der Waals surface area contributed by atoms with Gasteiger partial charge in [0.1, 0.15) is 0 Å². The van der Waals surface area contributed by atoms with Gasteiger partial charge in [-0.1, -0.05) is 11.6 Å². The smallest absolute Gasteiger partial charge is 0.352 e. The fourth-order valence-electron chi connectivity index (χ4n) is 2.94. The molecule has 1 aromatic rings. The summed E-state index contributed by atoms with van der Waals surface area (Å²) in [6, 6.07) is 3.76. The molecule has 27 heavy (non-hydrogen) atoms. The number of hydrogen-bond acceptors (Lipinski definition) is 3. The SMILES string of the molecule is O=C(C=C1CCN(S(=O)(=O)c2cccc(C(F)(F)F)c2)CC1)NCC1CC1. The van der Waals surface area contributed by atoms with Gasteiger partial charge < -0.3 is 5.32 Å². The molecule has 1 saturated carbocycles. The van der Waals surface area contributed by atoms with E-state index in [1.54, 1.807) is 0 Å². The Morgan fingerprint density at radius 2 is 1.89 bits per heavy atom. The van der Waals surface area contributed by atoms with E-state index >= 15 is 0 Å². The van der Waals surface area contributed by atoms with E-state index in [2.05, 4.69) is 5.32 Å². The van der Waals surface area contributed by atoms with Crippen molar-refractivity contribution in [3.05, 3.63) is 41.5 Å². The molecule has 0 aromatic heterocycles. The molecule has 0 spiro atoms. The summed E-state index contributed by atoms with van der Waals surface area (Å²) in [6.07, 6.45) is -0.0454. The molecule has 2 fully saturated rings. The number of nitrogens with one attached hydrogen (secondary N) is 1. The van der Waals surface area contributed by atoms with Gasteiger partial charge in [0, 0.05) is 25.7 Å². The number of carbonyl (C=O) groups excluding carboxylic acids is 1. The topological polar surface area (TPSA) is 66.5 Å². The summed E-state index contributed by atoms with van der Waals surface area (Å²) in [4.78, 5) is 11.5. The lowest BCUT2D eigenvalue weighted by Crippen LogP contribution is -2.36. The van der Waals surface area contributed by atoms with Crippen molar-refractivity contribution < 1.29 is 26.4 Å². The standard InChI is InChI=1S/C18H21F3N2O3S/c19-18(20,21)15-2-1-3-16(11-15)27(25,26)23-8-6-13(7-9-23)10-17(24)22-12-14-4-5-14/h1-3,10-11,14H,4-9,12H2,(H,22,24). The Labute approximate surface area is 156 Å². The van der Waals surface area contributed by atoms with Crippen molar-refractivity contribution in [2.75, 3.05) is 19.6 Å². The zero-order valence-corrected chi connectivity index (χ0v) is 15.4. The number of carbonyl (C=O) groups is 1. The Kier molecular flexibility index (Phi) is 5.62. The minimum Gasteiger partial charge on any atom is -0.352 e. The van der Waals surface area contributed by atoms with E-state index in [-0.39, 0.29) is 23.9 Å². The van der Waals surface area contributed by atoms with Gasteiger partial charge in [0.15, 0.2) is 0 Å². The number of nitrogens with zero attached hydrogens (tertiary/aromatic N) is 1. The minimum absolute atomic E-state index is 0.139. The minimum atomic E-state index is -4.60. The molecule has 1 aromatic carbocycles. The summed E-state index contributed by atoms with van der Waals surface area (Å²) >= 11 is 0. The van der Waals surface area contributed by atoms with Crippen LogP contribution < -0.4 is 5.32 Å². The fraction of sp³-hybridized carbons (Fsp3) is 0.500. The summed E-state index contributed by atoms with van der Waals surface area (Å²) in [7, 11) is -4.00. The highest BCUT2D eigenvalue weighted by Gasteiger charge is 2.33. The van der Waals surface area contributed by atoms with E-state index in [1.807, 2.05) is 0 Å². The van der Waals surface area contributed by atoms with Gasteiger partial charge in [-0.3, -0.25) is 4.79 Å². The third kappa shape index (κ3) is 5.10. The number of rotatable bonds is 5. The highest BCUT2D eigenvalue weighted by molar-refractivity contribution is 7.89. The van der Waals surface area contributed by atoms with Gasteiger partial charge >= 0.3 is 6.18 Å². The number of halogens is 3. The lowest BCUT2D eigenvalue weighted by atomic mass is 10.1. The second-order valence-corrected chi connectivity index (χ2v) is 8.86. The Bertz CT molecular complexity index is 836. The lowest BCUT2D eigenvalue weighted by Gasteiger charge is -2.27. The zero-order valence-electron chi connectivity index (χ0n) is 14.6. The van der Waals surface area contributed by atoms with Crippen LogP contribution in [0.15, 0.2) is 40.8 Å². The Hall–Kier alpha value is -1.87. The Morgan fingerprint density at radius 1 is 1.22 bits per heavy atom. The van der Waals surface area contributed by atoms with Crippen molar-refractivity contribution in [2.24, 2.45) is 5.92 Å². The Balaban J connectivity index is 1.63. The number of benzene rings is 1. The predicted molar refractivity (Wildman–Crippen MR) is 93.3 cm³/mol. The molecule has 148 valence electrons. The maximum Gasteiger partial charge on any atom is 0.416 e. The second kappa shape index (κ2) is 7.63. The summed E-state index contributed by atoms with van der Waals surface area (Å²) in [5.41, 5.74) is -0.146. The van der Waals surface area contributed by atoms with Crippen LogP contribution in [-0.4, -0.2) is 38.3 Å². The van der Waals surface area contributed by atoms with Crippen molar-refractivity contribution in [3.63, 3.8) is 0 Å². The van der Waals surface area contributed by atoms with Crippen molar-refractivity contribution >= 4 is 15.9 Å². The molecule has 1 saturated heterocycles. The maximum atomic E-state index is 12.8. The first-order chi connectivity index (χ1) is 12.7. The van der Waals surface area contributed by atoms with Gasteiger partial charge in [-0.25, -0.2) is 8.42 Å². The van der Waals surface area contributed by atoms with Crippen molar-refractivity contribution in [1.82, 2.24) is 9.62 Å². The van der Waals surface area contributed by atoms with E-state index < -0.39 is 21.8 Å². The summed E-state index contributed by atoms with van der Waals surface area (Å²) in [5.74, 6) is 0.401. The van der Waals surface area contributed by atoms with Gasteiger partial charge in [-0.2, -0.15) is 17.5 Å². The van der Waals surface area contributed by atoms with Gasteiger partial charge in [0.25, 0.3) is 0 Å². The van der Waals surface area contributed by atoms with Crippen LogP contribution in [0.5, 0.6) is 0 Å². The van der Waals surface area contributed by atoms with Crippen molar-refractivity contribution in [3.8, 4) is 0 Å². The number of alkyl halides is 3. The van der Waals surface area contributed by atoms with Gasteiger partial charge in [-0.15, -0.1) is 0 Å². The van der Waals surface area contributed by atoms with E-state index in [4.69, 9.17) is 0 Å². The van der Waals surface area contributed by atoms with Gasteiger partial charge in [0.2, 0.25) is 15.9 Å². The number of piperidine rings is 1. The fourth-order valence-corrected chi connectivity index (χ4v) is 4.43. The second-order valence-electron chi connectivity index (χ2n) is 6.92. The van der Waals surface area contributed by atoms with Crippen LogP contribution in [0.25, 0.3) is 0 Å². The summed E-state index contributed by atoms with van der Waals surface area (Å²) < 4.78 is 64.9. The Morgan fingerprint density at radius 3 is 2.48 bits per heavy atom. The molecule has 0 atom stereocenters.